The number of carbonyl (C=O) groups is 1. The van der Waals surface area contributed by atoms with Gasteiger partial charge >= 0.3 is 11.9 Å². The number of carbonyl (C=O) groups excluding carboxylic acids is 1. The first kappa shape index (κ1) is 20.4. The van der Waals surface area contributed by atoms with Crippen LogP contribution in [-0.4, -0.2) is 55.6 Å². The molecule has 2 aromatic heterocycles. The van der Waals surface area contributed by atoms with Gasteiger partial charge in [0.2, 0.25) is 5.91 Å². The minimum Gasteiger partial charge on any atom is -0.335 e. The van der Waals surface area contributed by atoms with E-state index in [1.165, 1.54) is 0 Å². The van der Waals surface area contributed by atoms with Gasteiger partial charge in [-0.1, -0.05) is 0 Å². The summed E-state index contributed by atoms with van der Waals surface area (Å²) in [6, 6.07) is -0.0244. The standard InChI is InChI=1S/C17H15F6N5O2/c18-9-6-26(7-10(9)19)15(29)11-1-2-12-25-27(16(30)28(11)12)5-8-3-4-24-14(13(8)20)17(21,22)23/h3-4,9-11H,1-2,5-7H2. The van der Waals surface area contributed by atoms with E-state index < -0.39 is 72.9 Å². The van der Waals surface area contributed by atoms with Gasteiger partial charge in [0.05, 0.1) is 19.6 Å². The average Bonchev–Trinajstić information content (AvgIpc) is 3.32. The summed E-state index contributed by atoms with van der Waals surface area (Å²) in [5, 5.41) is 3.99. The van der Waals surface area contributed by atoms with Crippen LogP contribution in [0.4, 0.5) is 26.3 Å². The zero-order valence-electron chi connectivity index (χ0n) is 15.2. The maximum absolute atomic E-state index is 14.2. The van der Waals surface area contributed by atoms with Crippen molar-refractivity contribution in [2.45, 2.75) is 43.9 Å². The molecule has 0 spiro atoms. The molecular formula is C17H15F6N5O2. The number of nitrogens with zero attached hydrogens (tertiary/aromatic N) is 5. The number of hydrogen-bond donors (Lipinski definition) is 0. The smallest absolute Gasteiger partial charge is 0.335 e. The van der Waals surface area contributed by atoms with E-state index in [1.54, 1.807) is 0 Å². The number of alkyl halides is 5. The molecule has 0 radical (unpaired) electrons. The van der Waals surface area contributed by atoms with Crippen LogP contribution >= 0.6 is 0 Å². The van der Waals surface area contributed by atoms with Crippen LogP contribution in [0.15, 0.2) is 17.1 Å². The highest BCUT2D eigenvalue weighted by atomic mass is 19.4. The fourth-order valence-corrected chi connectivity index (χ4v) is 3.76. The van der Waals surface area contributed by atoms with E-state index >= 15 is 0 Å². The van der Waals surface area contributed by atoms with E-state index in [0.29, 0.717) is 0 Å². The van der Waals surface area contributed by atoms with E-state index in [4.69, 9.17) is 0 Å². The van der Waals surface area contributed by atoms with Gasteiger partial charge < -0.3 is 4.90 Å². The van der Waals surface area contributed by atoms with Crippen LogP contribution in [0.25, 0.3) is 0 Å². The monoisotopic (exact) mass is 435 g/mol. The number of aromatic nitrogens is 4. The second-order valence-corrected chi connectivity index (χ2v) is 7.19. The van der Waals surface area contributed by atoms with Crippen molar-refractivity contribution in [3.8, 4) is 0 Å². The molecule has 0 bridgehead atoms. The van der Waals surface area contributed by atoms with Gasteiger partial charge in [0.15, 0.2) is 23.9 Å². The van der Waals surface area contributed by atoms with Crippen molar-refractivity contribution in [2.75, 3.05) is 13.1 Å². The fourth-order valence-electron chi connectivity index (χ4n) is 3.76. The highest BCUT2D eigenvalue weighted by molar-refractivity contribution is 5.81. The number of pyridine rings is 1. The van der Waals surface area contributed by atoms with Crippen molar-refractivity contribution in [1.29, 1.82) is 0 Å². The maximum Gasteiger partial charge on any atom is 0.436 e. The predicted octanol–water partition coefficient (Wildman–Crippen LogP) is 1.65. The summed E-state index contributed by atoms with van der Waals surface area (Å²) in [6.07, 6.45) is -7.42. The second kappa shape index (κ2) is 7.13. The van der Waals surface area contributed by atoms with E-state index in [9.17, 15) is 35.9 Å². The van der Waals surface area contributed by atoms with Crippen molar-refractivity contribution >= 4 is 5.91 Å². The molecule has 0 aliphatic carbocycles. The number of aryl methyl sites for hydroxylation is 1. The average molecular weight is 435 g/mol. The van der Waals surface area contributed by atoms with Gasteiger partial charge in [0, 0.05) is 18.2 Å². The Morgan fingerprint density at radius 1 is 1.20 bits per heavy atom. The van der Waals surface area contributed by atoms with Gasteiger partial charge in [-0.05, 0) is 12.5 Å². The summed E-state index contributed by atoms with van der Waals surface area (Å²) in [6.45, 7) is -1.44. The summed E-state index contributed by atoms with van der Waals surface area (Å²) in [4.78, 5) is 29.3. The van der Waals surface area contributed by atoms with Crippen LogP contribution < -0.4 is 5.69 Å². The second-order valence-electron chi connectivity index (χ2n) is 7.19. The minimum absolute atomic E-state index is 0.191. The molecule has 1 saturated heterocycles. The summed E-state index contributed by atoms with van der Waals surface area (Å²) in [5.74, 6) is -2.05. The van der Waals surface area contributed by atoms with Crippen molar-refractivity contribution in [2.24, 2.45) is 0 Å². The van der Waals surface area contributed by atoms with Crippen molar-refractivity contribution in [1.82, 2.24) is 24.2 Å². The van der Waals surface area contributed by atoms with Gasteiger partial charge in [-0.3, -0.25) is 9.36 Å². The van der Waals surface area contributed by atoms with E-state index in [1.807, 2.05) is 0 Å². The Bertz CT molecular complexity index is 1040. The Labute approximate surface area is 164 Å². The molecule has 0 N–H and O–H groups in total. The third-order valence-corrected chi connectivity index (χ3v) is 5.23. The van der Waals surface area contributed by atoms with E-state index in [-0.39, 0.29) is 18.7 Å². The van der Waals surface area contributed by atoms with Crippen LogP contribution in [0.2, 0.25) is 0 Å². The lowest BCUT2D eigenvalue weighted by Crippen LogP contribution is -2.39. The molecule has 162 valence electrons. The topological polar surface area (TPSA) is 73.0 Å². The molecule has 2 aromatic rings. The largest absolute Gasteiger partial charge is 0.436 e. The fraction of sp³-hybridized carbons (Fsp3) is 0.529. The van der Waals surface area contributed by atoms with Gasteiger partial charge in [-0.2, -0.15) is 18.3 Å². The molecule has 3 atom stereocenters. The Kier molecular flexibility index (Phi) is 4.85. The molecule has 30 heavy (non-hydrogen) atoms. The SMILES string of the molecule is O=C(C1CCc2nn(Cc3ccnc(C(F)(F)F)c3F)c(=O)n21)N1CC(F)C(F)C1. The molecule has 1 fully saturated rings. The molecule has 0 saturated carbocycles. The summed E-state index contributed by atoms with van der Waals surface area (Å²) in [5.41, 5.74) is -2.97. The quantitative estimate of drug-likeness (QED) is 0.688. The molecule has 13 heteroatoms. The molecule has 2 aliphatic rings. The van der Waals surface area contributed by atoms with Crippen LogP contribution in [0.5, 0.6) is 0 Å². The van der Waals surface area contributed by atoms with Crippen molar-refractivity contribution in [3.63, 3.8) is 0 Å². The molecular weight excluding hydrogens is 420 g/mol. The summed E-state index contributed by atoms with van der Waals surface area (Å²) < 4.78 is 81.3. The highest BCUT2D eigenvalue weighted by Crippen LogP contribution is 2.31. The van der Waals surface area contributed by atoms with Crippen LogP contribution in [0.1, 0.15) is 29.5 Å². The Hall–Kier alpha value is -2.86. The van der Waals surface area contributed by atoms with E-state index in [0.717, 1.165) is 26.4 Å². The van der Waals surface area contributed by atoms with Crippen molar-refractivity contribution in [3.05, 3.63) is 45.6 Å². The molecule has 3 unspecified atom stereocenters. The molecule has 4 rings (SSSR count). The maximum atomic E-state index is 14.2. The van der Waals surface area contributed by atoms with Gasteiger partial charge in [0.25, 0.3) is 0 Å². The Balaban J connectivity index is 1.61. The van der Waals surface area contributed by atoms with Crippen LogP contribution in [-0.2, 0) is 23.9 Å². The Morgan fingerprint density at radius 2 is 1.87 bits per heavy atom. The first-order chi connectivity index (χ1) is 14.1. The zero-order chi connectivity index (χ0) is 21.8. The first-order valence-electron chi connectivity index (χ1n) is 9.03. The third kappa shape index (κ3) is 3.35. The van der Waals surface area contributed by atoms with Gasteiger partial charge in [0.1, 0.15) is 11.9 Å². The van der Waals surface area contributed by atoms with Crippen molar-refractivity contribution < 1.29 is 31.1 Å². The van der Waals surface area contributed by atoms with E-state index in [2.05, 4.69) is 10.1 Å². The third-order valence-electron chi connectivity index (χ3n) is 5.23. The first-order valence-corrected chi connectivity index (χ1v) is 9.03. The number of fused-ring (bicyclic) bond motifs is 1. The molecule has 7 nitrogen and oxygen atoms in total. The molecule has 2 aliphatic heterocycles. The Morgan fingerprint density at radius 3 is 2.50 bits per heavy atom. The number of amides is 1. The van der Waals surface area contributed by atoms with Gasteiger partial charge in [-0.15, -0.1) is 0 Å². The molecule has 4 heterocycles. The number of rotatable bonds is 3. The van der Waals surface area contributed by atoms with Gasteiger partial charge in [-0.25, -0.2) is 27.6 Å². The summed E-state index contributed by atoms with van der Waals surface area (Å²) in [7, 11) is 0. The number of likely N-dealkylation sites (tertiary alicyclic amines) is 1. The molecule has 0 aromatic carbocycles. The van der Waals surface area contributed by atoms with Crippen LogP contribution in [0.3, 0.4) is 0 Å². The molecule has 1 amide bonds. The predicted molar refractivity (Wildman–Crippen MR) is 88.5 cm³/mol. The summed E-state index contributed by atoms with van der Waals surface area (Å²) >= 11 is 0. The highest BCUT2D eigenvalue weighted by Gasteiger charge is 2.42. The van der Waals surface area contributed by atoms with Crippen LogP contribution in [0, 0.1) is 5.82 Å². The normalized spacial score (nSPS) is 23.8. The lowest BCUT2D eigenvalue weighted by atomic mass is 10.2. The minimum atomic E-state index is -5.00. The number of halogens is 6. The zero-order valence-corrected chi connectivity index (χ0v) is 15.2. The number of hydrogen-bond acceptors (Lipinski definition) is 4. The lowest BCUT2D eigenvalue weighted by Gasteiger charge is -2.20. The lowest BCUT2D eigenvalue weighted by molar-refractivity contribution is -0.143.